The summed E-state index contributed by atoms with van der Waals surface area (Å²) in [5.74, 6) is -0.193. The number of aromatic nitrogens is 8. The highest BCUT2D eigenvalue weighted by Gasteiger charge is 2.54. The van der Waals surface area contributed by atoms with E-state index >= 15 is 4.39 Å². The average molecular weight is 709 g/mol. The number of anilines is 2. The summed E-state index contributed by atoms with van der Waals surface area (Å²) in [7, 11) is 0. The van der Waals surface area contributed by atoms with Gasteiger partial charge in [-0.3, -0.25) is 37.0 Å². The molecule has 25 heteroatoms. The summed E-state index contributed by atoms with van der Waals surface area (Å²) < 4.78 is 79.1. The van der Waals surface area contributed by atoms with Crippen molar-refractivity contribution in [2.24, 2.45) is 0 Å². The molecule has 3 fully saturated rings. The van der Waals surface area contributed by atoms with Gasteiger partial charge in [-0.15, -0.1) is 0 Å². The Kier molecular flexibility index (Phi) is 7.72. The molecule has 4 aromatic rings. The molecular formula is C20H23FN10O10P2S2. The first-order valence-electron chi connectivity index (χ1n) is 12.9. The molecule has 3 saturated heterocycles. The molecular weight excluding hydrogens is 685 g/mol. The minimum atomic E-state index is -4.42. The minimum Gasteiger partial charge on any atom is -0.387 e. The Morgan fingerprint density at radius 3 is 2.27 bits per heavy atom. The third-order valence-electron chi connectivity index (χ3n) is 7.28. The van der Waals surface area contributed by atoms with Gasteiger partial charge in [0.1, 0.15) is 42.4 Å². The zero-order valence-electron chi connectivity index (χ0n) is 22.3. The topological polar surface area (TPSA) is 269 Å². The van der Waals surface area contributed by atoms with E-state index in [1.165, 1.54) is 17.2 Å². The van der Waals surface area contributed by atoms with E-state index in [2.05, 4.69) is 54.4 Å². The number of aromatic amines is 1. The fourth-order valence-corrected chi connectivity index (χ4v) is 8.20. The van der Waals surface area contributed by atoms with Gasteiger partial charge in [0.05, 0.1) is 25.9 Å². The summed E-state index contributed by atoms with van der Waals surface area (Å²) >= 11 is 8.04. The molecule has 0 radical (unpaired) electrons. The number of nitrogen functional groups attached to an aromatic ring is 2. The van der Waals surface area contributed by atoms with Crippen LogP contribution < -0.4 is 17.0 Å². The fourth-order valence-electron chi connectivity index (χ4n) is 5.26. The highest BCUT2D eigenvalue weighted by molar-refractivity contribution is 8.44. The smallest absolute Gasteiger partial charge is 0.386 e. The van der Waals surface area contributed by atoms with Gasteiger partial charge < -0.3 is 26.0 Å². The predicted octanol–water partition coefficient (Wildman–Crippen LogP) is 0.511. The lowest BCUT2D eigenvalue weighted by molar-refractivity contribution is -0.0568. The average Bonchev–Trinajstić information content (AvgIpc) is 3.72. The Balaban J connectivity index is 1.21. The Morgan fingerprint density at radius 2 is 1.53 bits per heavy atom. The van der Waals surface area contributed by atoms with Crippen molar-refractivity contribution < 1.29 is 46.2 Å². The molecule has 7 rings (SSSR count). The predicted molar refractivity (Wildman–Crippen MR) is 156 cm³/mol. The van der Waals surface area contributed by atoms with Gasteiger partial charge in [0, 0.05) is 0 Å². The molecule has 6 N–H and O–H groups in total. The zero-order valence-corrected chi connectivity index (χ0v) is 25.9. The van der Waals surface area contributed by atoms with Crippen LogP contribution in [0.2, 0.25) is 0 Å². The van der Waals surface area contributed by atoms with Crippen molar-refractivity contribution >= 4 is 72.2 Å². The van der Waals surface area contributed by atoms with Gasteiger partial charge >= 0.3 is 13.6 Å². The summed E-state index contributed by atoms with van der Waals surface area (Å²) in [5, 5.41) is 11.1. The summed E-state index contributed by atoms with van der Waals surface area (Å²) in [4.78, 5) is 34.7. The largest absolute Gasteiger partial charge is 0.387 e. The first kappa shape index (κ1) is 30.9. The minimum absolute atomic E-state index is 0.0680. The number of hydrogen-bond acceptors (Lipinski definition) is 17. The number of nitrogens with two attached hydrogens (primary N) is 2. The molecule has 242 valence electrons. The second-order valence-electron chi connectivity index (χ2n) is 10.1. The van der Waals surface area contributed by atoms with Crippen LogP contribution in [0.5, 0.6) is 0 Å². The molecule has 4 aromatic heterocycles. The number of fused-ring (bicyclic) bond motifs is 5. The zero-order chi connectivity index (χ0) is 31.8. The summed E-state index contributed by atoms with van der Waals surface area (Å²) in [6, 6.07) is 0. The van der Waals surface area contributed by atoms with E-state index in [9.17, 15) is 19.0 Å². The standard InChI is InChI=1S/C20H23FN10O10P2S2/c21-8-12-7(39-18(8)31-5-27-10-16(31)28-20(23)29-17(10)33)2-37-43(35,45)41-13-11(32)6(1-36-42(34,44)40-12)38-19(13)30-4-26-9-14(22)24-3-25-15(9)30/h3-8,11-13,18-19,32H,1-2H2,(H,34,44)(H,35,45)(H2,22,24,25)(H3,23,28,29,33)/t6?,7-,8-,11-,12-,13-,18-,19-,42-,43-/m1/s1. The third-order valence-corrected chi connectivity index (χ3v) is 10.5. The first-order valence-corrected chi connectivity index (χ1v) is 18.3. The van der Waals surface area contributed by atoms with Crippen LogP contribution in [0.3, 0.4) is 0 Å². The maximum absolute atomic E-state index is 16.0. The van der Waals surface area contributed by atoms with Gasteiger partial charge in [0.15, 0.2) is 41.3 Å². The van der Waals surface area contributed by atoms with Crippen LogP contribution in [-0.2, 0) is 36.7 Å². The number of thiol groups is 2. The second kappa shape index (κ2) is 11.2. The Morgan fingerprint density at radius 1 is 0.911 bits per heavy atom. The van der Waals surface area contributed by atoms with Gasteiger partial charge in [-0.1, -0.05) is 24.5 Å². The number of halogens is 1. The quantitative estimate of drug-likeness (QED) is 0.122. The number of hydrogen-bond donors (Lipinski definition) is 6. The van der Waals surface area contributed by atoms with Crippen molar-refractivity contribution in [2.75, 3.05) is 24.7 Å². The number of nitrogens with one attached hydrogen (secondary N) is 1. The summed E-state index contributed by atoms with van der Waals surface area (Å²) in [5.41, 5.74) is 11.0. The van der Waals surface area contributed by atoms with Crippen molar-refractivity contribution in [2.45, 2.75) is 49.1 Å². The number of imidazole rings is 2. The third kappa shape index (κ3) is 5.54. The molecule has 0 saturated carbocycles. The SMILES string of the molecule is Nc1nc2c(ncn2[C@@H]2O[C@@H]3CO[P@@](=O)(S)O[C@@H]4[C@H](O)C(CO[P@@](=O)(S)O[C@H]3[C@H]2F)O[C@H]4n2cnc3c(N)ncnc32)c(=O)[nH]1. The number of H-pyrrole nitrogens is 1. The number of rotatable bonds is 2. The number of aliphatic hydroxyl groups is 1. The highest BCUT2D eigenvalue weighted by Crippen LogP contribution is 2.60. The molecule has 0 amide bonds. The molecule has 45 heavy (non-hydrogen) atoms. The van der Waals surface area contributed by atoms with Crippen molar-refractivity contribution in [3.63, 3.8) is 0 Å². The Bertz CT molecular complexity index is 1950. The van der Waals surface area contributed by atoms with E-state index in [1.54, 1.807) is 0 Å². The molecule has 0 aliphatic carbocycles. The number of alkyl halides is 1. The lowest BCUT2D eigenvalue weighted by Gasteiger charge is -2.26. The van der Waals surface area contributed by atoms with Crippen LogP contribution in [0, 0.1) is 0 Å². The van der Waals surface area contributed by atoms with Crippen LogP contribution in [0.15, 0.2) is 23.8 Å². The molecule has 10 atom stereocenters. The first-order chi connectivity index (χ1) is 21.3. The van der Waals surface area contributed by atoms with Gasteiger partial charge in [-0.25, -0.2) is 33.5 Å². The van der Waals surface area contributed by atoms with E-state index < -0.39 is 81.5 Å². The normalized spacial score (nSPS) is 37.7. The van der Waals surface area contributed by atoms with Crippen LogP contribution >= 0.6 is 38.1 Å². The molecule has 0 spiro atoms. The van der Waals surface area contributed by atoms with Gasteiger partial charge in [-0.2, -0.15) is 4.98 Å². The molecule has 3 aliphatic rings. The number of ether oxygens (including phenoxy) is 2. The molecule has 20 nitrogen and oxygen atoms in total. The van der Waals surface area contributed by atoms with Gasteiger partial charge in [0.25, 0.3) is 5.56 Å². The van der Waals surface area contributed by atoms with Crippen LogP contribution in [-0.4, -0.2) is 94.0 Å². The fraction of sp³-hybridized carbons (Fsp3) is 0.500. The molecule has 0 aromatic carbocycles. The second-order valence-corrected chi connectivity index (χ2v) is 15.8. The monoisotopic (exact) mass is 708 g/mol. The summed E-state index contributed by atoms with van der Waals surface area (Å²) in [6.45, 7) is -10.1. The maximum Gasteiger partial charge on any atom is 0.386 e. The van der Waals surface area contributed by atoms with E-state index in [-0.39, 0.29) is 34.1 Å². The lowest BCUT2D eigenvalue weighted by atomic mass is 10.1. The van der Waals surface area contributed by atoms with Crippen LogP contribution in [0.25, 0.3) is 22.3 Å². The van der Waals surface area contributed by atoms with Crippen LogP contribution in [0.1, 0.15) is 12.5 Å². The summed E-state index contributed by atoms with van der Waals surface area (Å²) in [6.07, 6.45) is -8.71. The molecule has 3 aliphatic heterocycles. The Hall–Kier alpha value is -2.69. The van der Waals surface area contributed by atoms with Crippen molar-refractivity contribution in [3.05, 3.63) is 29.3 Å². The van der Waals surface area contributed by atoms with E-state index in [4.69, 9.17) is 39.0 Å². The van der Waals surface area contributed by atoms with Crippen molar-refractivity contribution in [1.82, 2.24) is 39.0 Å². The molecule has 2 bridgehead atoms. The van der Waals surface area contributed by atoms with E-state index in [0.717, 1.165) is 10.9 Å². The van der Waals surface area contributed by atoms with Crippen molar-refractivity contribution in [1.29, 1.82) is 0 Å². The maximum atomic E-state index is 16.0. The van der Waals surface area contributed by atoms with Gasteiger partial charge in [0.2, 0.25) is 5.95 Å². The van der Waals surface area contributed by atoms with Crippen molar-refractivity contribution in [3.8, 4) is 0 Å². The molecule has 1 unspecified atom stereocenters. The lowest BCUT2D eigenvalue weighted by Crippen LogP contribution is -2.35. The Labute approximate surface area is 260 Å². The van der Waals surface area contributed by atoms with Crippen LogP contribution in [0.4, 0.5) is 16.2 Å². The number of aliphatic hydroxyl groups excluding tert-OH is 1. The highest BCUT2D eigenvalue weighted by atomic mass is 32.7. The van der Waals surface area contributed by atoms with E-state index in [0.29, 0.717) is 0 Å². The van der Waals surface area contributed by atoms with Gasteiger partial charge in [-0.05, 0) is 0 Å². The molecule has 7 heterocycles. The number of nitrogens with zero attached hydrogens (tertiary/aromatic N) is 7. The van der Waals surface area contributed by atoms with E-state index in [1.807, 2.05) is 0 Å².